The summed E-state index contributed by atoms with van der Waals surface area (Å²) in [4.78, 5) is 12.8. The summed E-state index contributed by atoms with van der Waals surface area (Å²) in [5.41, 5.74) is 0. The van der Waals surface area contributed by atoms with Crippen LogP contribution in [-0.2, 0) is 0 Å². The smallest absolute Gasteiger partial charge is 0.336 e. The number of nitrogens with zero attached hydrogens (tertiary/aromatic N) is 2. The van der Waals surface area contributed by atoms with Crippen LogP contribution in [0.4, 0.5) is 4.79 Å². The first-order valence-corrected chi connectivity index (χ1v) is 3.89. The van der Waals surface area contributed by atoms with Gasteiger partial charge in [-0.25, -0.2) is 9.86 Å². The van der Waals surface area contributed by atoms with Crippen molar-refractivity contribution < 1.29 is 10.0 Å². The molecule has 0 aromatic heterocycles. The predicted octanol–water partition coefficient (Wildman–Crippen LogP) is -0.0313. The fourth-order valence-electron chi connectivity index (χ4n) is 0.705. The maximum atomic E-state index is 10.7. The van der Waals surface area contributed by atoms with E-state index >= 15 is 0 Å². The highest BCUT2D eigenvalue weighted by atomic mass is 16.5. The van der Waals surface area contributed by atoms with Gasteiger partial charge in [0, 0.05) is 13.6 Å². The molecular formula is C7H17N3O2. The van der Waals surface area contributed by atoms with Gasteiger partial charge in [0.1, 0.15) is 0 Å². The summed E-state index contributed by atoms with van der Waals surface area (Å²) < 4.78 is 0. The van der Waals surface area contributed by atoms with Gasteiger partial charge in [0.15, 0.2) is 0 Å². The molecular weight excluding hydrogens is 158 g/mol. The van der Waals surface area contributed by atoms with Gasteiger partial charge in [-0.2, -0.15) is 0 Å². The number of carbonyl (C=O) groups excluding carboxylic acids is 1. The van der Waals surface area contributed by atoms with Crippen molar-refractivity contribution in [1.82, 2.24) is 15.3 Å². The number of nitrogens with one attached hydrogen (secondary N) is 1. The monoisotopic (exact) mass is 175 g/mol. The molecule has 0 radical (unpaired) electrons. The molecule has 0 fully saturated rings. The van der Waals surface area contributed by atoms with E-state index in [9.17, 15) is 4.79 Å². The van der Waals surface area contributed by atoms with Gasteiger partial charge < -0.3 is 10.2 Å². The van der Waals surface area contributed by atoms with E-state index in [0.717, 1.165) is 13.0 Å². The first-order valence-electron chi connectivity index (χ1n) is 3.89. The molecule has 0 aliphatic rings. The van der Waals surface area contributed by atoms with Gasteiger partial charge in [0.25, 0.3) is 0 Å². The molecule has 2 N–H and O–H groups in total. The Kier molecular flexibility index (Phi) is 5.40. The summed E-state index contributed by atoms with van der Waals surface area (Å²) in [6.45, 7) is 1.51. The summed E-state index contributed by atoms with van der Waals surface area (Å²) in [5, 5.41) is 11.7. The second kappa shape index (κ2) is 5.79. The van der Waals surface area contributed by atoms with Gasteiger partial charge in [-0.3, -0.25) is 5.21 Å². The molecule has 0 rings (SSSR count). The molecule has 5 nitrogen and oxygen atoms in total. The van der Waals surface area contributed by atoms with E-state index in [4.69, 9.17) is 5.21 Å². The van der Waals surface area contributed by atoms with Crippen LogP contribution in [0.2, 0.25) is 0 Å². The third-order valence-corrected chi connectivity index (χ3v) is 1.35. The van der Waals surface area contributed by atoms with E-state index < -0.39 is 6.03 Å². The Morgan fingerprint density at radius 3 is 2.42 bits per heavy atom. The van der Waals surface area contributed by atoms with Gasteiger partial charge >= 0.3 is 6.03 Å². The van der Waals surface area contributed by atoms with Crippen LogP contribution in [0.1, 0.15) is 6.42 Å². The van der Waals surface area contributed by atoms with Crippen LogP contribution < -0.4 is 5.32 Å². The third-order valence-electron chi connectivity index (χ3n) is 1.35. The van der Waals surface area contributed by atoms with Crippen molar-refractivity contribution in [1.29, 1.82) is 0 Å². The molecule has 12 heavy (non-hydrogen) atoms. The van der Waals surface area contributed by atoms with Crippen LogP contribution in [-0.4, -0.2) is 55.4 Å². The first kappa shape index (κ1) is 11.2. The van der Waals surface area contributed by atoms with Crippen LogP contribution >= 0.6 is 0 Å². The Bertz CT molecular complexity index is 137. The quantitative estimate of drug-likeness (QED) is 0.358. The summed E-state index contributed by atoms with van der Waals surface area (Å²) >= 11 is 0. The zero-order valence-corrected chi connectivity index (χ0v) is 7.87. The van der Waals surface area contributed by atoms with Gasteiger partial charge in [-0.15, -0.1) is 0 Å². The Hall–Kier alpha value is -0.810. The molecule has 0 aromatic rings. The van der Waals surface area contributed by atoms with Crippen LogP contribution in [0.3, 0.4) is 0 Å². The van der Waals surface area contributed by atoms with Gasteiger partial charge in [-0.05, 0) is 27.1 Å². The molecule has 0 unspecified atom stereocenters. The average molecular weight is 175 g/mol. The minimum absolute atomic E-state index is 0.464. The maximum absolute atomic E-state index is 10.7. The van der Waals surface area contributed by atoms with Crippen molar-refractivity contribution in [2.75, 3.05) is 34.2 Å². The topological polar surface area (TPSA) is 55.8 Å². The second-order valence-electron chi connectivity index (χ2n) is 2.91. The zero-order chi connectivity index (χ0) is 9.56. The molecule has 0 heterocycles. The fourth-order valence-corrected chi connectivity index (χ4v) is 0.705. The number of hydrogen-bond donors (Lipinski definition) is 2. The number of urea groups is 1. The highest BCUT2D eigenvalue weighted by molar-refractivity contribution is 5.72. The summed E-state index contributed by atoms with van der Waals surface area (Å²) in [7, 11) is 5.24. The highest BCUT2D eigenvalue weighted by Crippen LogP contribution is 1.82. The van der Waals surface area contributed by atoms with Crippen molar-refractivity contribution in [3.8, 4) is 0 Å². The normalized spacial score (nSPS) is 10.1. The average Bonchev–Trinajstić information content (AvgIpc) is 1.97. The molecule has 2 amide bonds. The number of hydrogen-bond acceptors (Lipinski definition) is 3. The first-order chi connectivity index (χ1) is 5.54. The van der Waals surface area contributed by atoms with Gasteiger partial charge in [0.2, 0.25) is 0 Å². The maximum Gasteiger partial charge on any atom is 0.340 e. The lowest BCUT2D eigenvalue weighted by Crippen LogP contribution is -2.36. The van der Waals surface area contributed by atoms with Gasteiger partial charge in [-0.1, -0.05) is 0 Å². The third kappa shape index (κ3) is 5.94. The molecule has 0 atom stereocenters. The van der Waals surface area contributed by atoms with E-state index in [1.165, 1.54) is 7.05 Å². The lowest BCUT2D eigenvalue weighted by molar-refractivity contribution is -0.0182. The molecule has 0 saturated heterocycles. The van der Waals surface area contributed by atoms with E-state index in [-0.39, 0.29) is 0 Å². The summed E-state index contributed by atoms with van der Waals surface area (Å²) in [5.74, 6) is 0. The number of rotatable bonds is 4. The minimum atomic E-state index is -0.464. The minimum Gasteiger partial charge on any atom is -0.336 e. The van der Waals surface area contributed by atoms with Crippen LogP contribution in [0, 0.1) is 0 Å². The predicted molar refractivity (Wildman–Crippen MR) is 46.1 cm³/mol. The largest absolute Gasteiger partial charge is 0.340 e. The second-order valence-corrected chi connectivity index (χ2v) is 2.91. The Morgan fingerprint density at radius 1 is 1.42 bits per heavy atom. The molecule has 0 aromatic carbocycles. The number of amides is 2. The standard InChI is InChI=1S/C7H17N3O2/c1-9(2)6-4-5-8-7(11)10(3)12/h12H,4-6H2,1-3H3,(H,8,11). The van der Waals surface area contributed by atoms with E-state index in [2.05, 4.69) is 5.32 Å². The van der Waals surface area contributed by atoms with Crippen LogP contribution in [0.5, 0.6) is 0 Å². The van der Waals surface area contributed by atoms with Crippen LogP contribution in [0.15, 0.2) is 0 Å². The summed E-state index contributed by atoms with van der Waals surface area (Å²) in [6, 6.07) is -0.464. The molecule has 0 aliphatic carbocycles. The van der Waals surface area contributed by atoms with Gasteiger partial charge in [0.05, 0.1) is 0 Å². The lowest BCUT2D eigenvalue weighted by atomic mass is 10.4. The van der Waals surface area contributed by atoms with E-state index in [0.29, 0.717) is 11.6 Å². The van der Waals surface area contributed by atoms with Crippen molar-refractivity contribution in [2.45, 2.75) is 6.42 Å². The SMILES string of the molecule is CN(C)CCCNC(=O)N(C)O. The van der Waals surface area contributed by atoms with Crippen molar-refractivity contribution in [2.24, 2.45) is 0 Å². The molecule has 0 saturated carbocycles. The van der Waals surface area contributed by atoms with Crippen molar-refractivity contribution in [3.63, 3.8) is 0 Å². The highest BCUT2D eigenvalue weighted by Gasteiger charge is 2.02. The molecule has 0 bridgehead atoms. The fraction of sp³-hybridized carbons (Fsp3) is 0.857. The van der Waals surface area contributed by atoms with Crippen molar-refractivity contribution >= 4 is 6.03 Å². The van der Waals surface area contributed by atoms with E-state index in [1.807, 2.05) is 19.0 Å². The van der Waals surface area contributed by atoms with Crippen LogP contribution in [0.25, 0.3) is 0 Å². The molecule has 72 valence electrons. The number of carbonyl (C=O) groups is 1. The molecule has 5 heteroatoms. The lowest BCUT2D eigenvalue weighted by Gasteiger charge is -2.12. The Balaban J connectivity index is 3.26. The Morgan fingerprint density at radius 2 is 2.00 bits per heavy atom. The Labute approximate surface area is 72.9 Å². The van der Waals surface area contributed by atoms with E-state index in [1.54, 1.807) is 0 Å². The molecule has 0 aliphatic heterocycles. The number of hydroxylamine groups is 2. The zero-order valence-electron chi connectivity index (χ0n) is 7.87. The van der Waals surface area contributed by atoms with Crippen molar-refractivity contribution in [3.05, 3.63) is 0 Å². The summed E-state index contributed by atoms with van der Waals surface area (Å²) in [6.07, 6.45) is 0.882. The molecule has 0 spiro atoms.